The minimum absolute atomic E-state index is 0.0560. The van der Waals surface area contributed by atoms with Crippen molar-refractivity contribution >= 4 is 33.1 Å². The zero-order valence-corrected chi connectivity index (χ0v) is 15.1. The van der Waals surface area contributed by atoms with E-state index in [1.165, 1.54) is 34.4 Å². The lowest BCUT2D eigenvalue weighted by molar-refractivity contribution is -0.121. The summed E-state index contributed by atoms with van der Waals surface area (Å²) >= 11 is 1.40. The van der Waals surface area contributed by atoms with Crippen LogP contribution in [0.25, 0.3) is 10.2 Å². The van der Waals surface area contributed by atoms with Gasteiger partial charge in [0.05, 0.1) is 17.4 Å². The summed E-state index contributed by atoms with van der Waals surface area (Å²) in [5, 5.41) is 17.0. The predicted octanol–water partition coefficient (Wildman–Crippen LogP) is 2.09. The van der Waals surface area contributed by atoms with E-state index in [1.807, 2.05) is 0 Å². The van der Waals surface area contributed by atoms with Gasteiger partial charge in [0, 0.05) is 26.1 Å². The zero-order chi connectivity index (χ0) is 19.2. The zero-order valence-electron chi connectivity index (χ0n) is 14.2. The van der Waals surface area contributed by atoms with Gasteiger partial charge >= 0.3 is 0 Å². The molecule has 0 saturated heterocycles. The first-order valence-electron chi connectivity index (χ1n) is 8.22. The molecule has 27 heavy (non-hydrogen) atoms. The Morgan fingerprint density at radius 3 is 3.00 bits per heavy atom. The molecule has 0 spiro atoms. The third kappa shape index (κ3) is 4.30. The van der Waals surface area contributed by atoms with E-state index in [2.05, 4.69) is 15.6 Å². The maximum Gasteiger partial charge on any atom is 0.262 e. The summed E-state index contributed by atoms with van der Waals surface area (Å²) in [6.07, 6.45) is 1.59. The molecule has 7 nitrogen and oxygen atoms in total. The topological polar surface area (TPSA) is 99.8 Å². The van der Waals surface area contributed by atoms with Crippen molar-refractivity contribution in [1.82, 2.24) is 14.9 Å². The number of aryl methyl sites for hydroxylation is 1. The lowest BCUT2D eigenvalue weighted by atomic mass is 10.2. The number of carbonyl (C=O) groups excluding carboxylic acids is 1. The van der Waals surface area contributed by atoms with Crippen molar-refractivity contribution in [2.24, 2.45) is 0 Å². The molecule has 0 radical (unpaired) electrons. The molecule has 0 atom stereocenters. The van der Waals surface area contributed by atoms with E-state index >= 15 is 0 Å². The molecule has 0 fully saturated rings. The van der Waals surface area contributed by atoms with Crippen molar-refractivity contribution in [1.29, 1.82) is 5.26 Å². The molecule has 0 saturated carbocycles. The van der Waals surface area contributed by atoms with Gasteiger partial charge in [0.15, 0.2) is 0 Å². The normalized spacial score (nSPS) is 10.5. The van der Waals surface area contributed by atoms with Crippen LogP contribution in [-0.4, -0.2) is 28.5 Å². The molecule has 0 aliphatic heterocycles. The molecule has 2 N–H and O–H groups in total. The average molecular weight is 385 g/mol. The summed E-state index contributed by atoms with van der Waals surface area (Å²) in [6.45, 7) is 0.878. The Morgan fingerprint density at radius 2 is 2.19 bits per heavy atom. The lowest BCUT2D eigenvalue weighted by Crippen LogP contribution is -2.31. The summed E-state index contributed by atoms with van der Waals surface area (Å²) in [7, 11) is 0. The number of anilines is 1. The highest BCUT2D eigenvalue weighted by molar-refractivity contribution is 7.16. The highest BCUT2D eigenvalue weighted by Crippen LogP contribution is 2.17. The number of hydrogen-bond donors (Lipinski definition) is 2. The molecule has 1 amide bonds. The first-order valence-corrected chi connectivity index (χ1v) is 9.10. The summed E-state index contributed by atoms with van der Waals surface area (Å²) in [5.74, 6) is -0.804. The van der Waals surface area contributed by atoms with Crippen LogP contribution < -0.4 is 16.2 Å². The van der Waals surface area contributed by atoms with E-state index in [-0.39, 0.29) is 30.0 Å². The smallest absolute Gasteiger partial charge is 0.262 e. The number of carbonyl (C=O) groups is 1. The second kappa shape index (κ2) is 8.42. The average Bonchev–Trinajstić information content (AvgIpc) is 3.14. The van der Waals surface area contributed by atoms with Crippen LogP contribution in [-0.2, 0) is 11.3 Å². The molecule has 9 heteroatoms. The predicted molar refractivity (Wildman–Crippen MR) is 101 cm³/mol. The summed E-state index contributed by atoms with van der Waals surface area (Å²) in [5.41, 5.74) is 0.166. The van der Waals surface area contributed by atoms with Gasteiger partial charge in [-0.3, -0.25) is 14.2 Å². The number of hydrogen-bond acceptors (Lipinski definition) is 6. The summed E-state index contributed by atoms with van der Waals surface area (Å²) in [6, 6.07) is 7.85. The van der Waals surface area contributed by atoms with Crippen molar-refractivity contribution in [2.45, 2.75) is 13.0 Å². The molecule has 0 bridgehead atoms. The van der Waals surface area contributed by atoms with E-state index in [4.69, 9.17) is 5.26 Å². The largest absolute Gasteiger partial charge is 0.382 e. The second-order valence-corrected chi connectivity index (χ2v) is 6.58. The van der Waals surface area contributed by atoms with Crippen LogP contribution in [0, 0.1) is 17.1 Å². The number of halogens is 1. The van der Waals surface area contributed by atoms with Gasteiger partial charge in [-0.15, -0.1) is 11.3 Å². The van der Waals surface area contributed by atoms with E-state index in [9.17, 15) is 14.0 Å². The van der Waals surface area contributed by atoms with Crippen LogP contribution in [0.5, 0.6) is 0 Å². The van der Waals surface area contributed by atoms with E-state index in [1.54, 1.807) is 23.6 Å². The van der Waals surface area contributed by atoms with E-state index < -0.39 is 5.82 Å². The fourth-order valence-electron chi connectivity index (χ4n) is 2.55. The first-order chi connectivity index (χ1) is 13.1. The minimum Gasteiger partial charge on any atom is -0.382 e. The number of benzene rings is 1. The van der Waals surface area contributed by atoms with Gasteiger partial charge in [-0.2, -0.15) is 5.26 Å². The van der Waals surface area contributed by atoms with Gasteiger partial charge in [-0.25, -0.2) is 9.37 Å². The molecule has 138 valence electrons. The standard InChI is InChI=1S/C18H16FN5O2S/c19-14-2-1-3-15(13(14)10-20)21-6-7-22-16(25)4-8-24-11-23-17-12(18(24)26)5-9-27-17/h1-3,5,9,11,21H,4,6-8H2,(H,22,25). The molecule has 0 aliphatic carbocycles. The third-order valence-corrected chi connectivity index (χ3v) is 4.74. The molecule has 3 rings (SSSR count). The number of nitrogens with one attached hydrogen (secondary N) is 2. The number of fused-ring (bicyclic) bond motifs is 1. The van der Waals surface area contributed by atoms with Crippen LogP contribution in [0.3, 0.4) is 0 Å². The Bertz CT molecular complexity index is 1070. The Balaban J connectivity index is 1.46. The molecule has 0 aliphatic rings. The highest BCUT2D eigenvalue weighted by Gasteiger charge is 2.08. The van der Waals surface area contributed by atoms with Gasteiger partial charge in [0.1, 0.15) is 22.3 Å². The Labute approximate surface area is 158 Å². The lowest BCUT2D eigenvalue weighted by Gasteiger charge is -2.10. The maximum absolute atomic E-state index is 13.5. The Hall–Kier alpha value is -3.25. The van der Waals surface area contributed by atoms with Gasteiger partial charge < -0.3 is 10.6 Å². The van der Waals surface area contributed by atoms with E-state index in [0.29, 0.717) is 29.0 Å². The van der Waals surface area contributed by atoms with Crippen LogP contribution in [0.4, 0.5) is 10.1 Å². The van der Waals surface area contributed by atoms with Crippen molar-refractivity contribution in [3.8, 4) is 6.07 Å². The second-order valence-electron chi connectivity index (χ2n) is 5.68. The summed E-state index contributed by atoms with van der Waals surface area (Å²) < 4.78 is 14.9. The van der Waals surface area contributed by atoms with Crippen molar-refractivity contribution in [3.05, 3.63) is 57.7 Å². The number of thiophene rings is 1. The number of nitriles is 1. The molecule has 2 heterocycles. The number of nitrogens with zero attached hydrogens (tertiary/aromatic N) is 3. The number of rotatable bonds is 7. The Morgan fingerprint density at radius 1 is 1.33 bits per heavy atom. The van der Waals surface area contributed by atoms with Crippen molar-refractivity contribution in [2.75, 3.05) is 18.4 Å². The fourth-order valence-corrected chi connectivity index (χ4v) is 3.27. The number of amides is 1. The molecule has 2 aromatic heterocycles. The maximum atomic E-state index is 13.5. The SMILES string of the molecule is N#Cc1c(F)cccc1NCCNC(=O)CCn1cnc2sccc2c1=O. The monoisotopic (exact) mass is 385 g/mol. The van der Waals surface area contributed by atoms with Crippen LogP contribution in [0.15, 0.2) is 40.8 Å². The van der Waals surface area contributed by atoms with Gasteiger partial charge in [0.2, 0.25) is 5.91 Å². The molecular weight excluding hydrogens is 369 g/mol. The molecular formula is C18H16FN5O2S. The molecule has 3 aromatic rings. The van der Waals surface area contributed by atoms with Crippen molar-refractivity contribution < 1.29 is 9.18 Å². The fraction of sp³-hybridized carbons (Fsp3) is 0.222. The quantitative estimate of drug-likeness (QED) is 0.607. The minimum atomic E-state index is -0.590. The van der Waals surface area contributed by atoms with Gasteiger partial charge in [0.25, 0.3) is 5.56 Å². The van der Waals surface area contributed by atoms with Crippen molar-refractivity contribution in [3.63, 3.8) is 0 Å². The van der Waals surface area contributed by atoms with Crippen LogP contribution >= 0.6 is 11.3 Å². The molecule has 1 aromatic carbocycles. The van der Waals surface area contributed by atoms with Gasteiger partial charge in [-0.1, -0.05) is 6.07 Å². The molecule has 0 unspecified atom stereocenters. The first kappa shape index (κ1) is 18.5. The Kier molecular flexibility index (Phi) is 5.78. The van der Waals surface area contributed by atoms with Gasteiger partial charge in [-0.05, 0) is 23.6 Å². The number of aromatic nitrogens is 2. The van der Waals surface area contributed by atoms with E-state index in [0.717, 1.165) is 0 Å². The third-order valence-electron chi connectivity index (χ3n) is 3.92. The van der Waals surface area contributed by atoms with Crippen LogP contribution in [0.1, 0.15) is 12.0 Å². The highest BCUT2D eigenvalue weighted by atomic mass is 32.1. The van der Waals surface area contributed by atoms with Crippen LogP contribution in [0.2, 0.25) is 0 Å². The summed E-state index contributed by atoms with van der Waals surface area (Å²) in [4.78, 5) is 29.1.